The second kappa shape index (κ2) is 14.3. The zero-order chi connectivity index (χ0) is 19.9. The van der Waals surface area contributed by atoms with Gasteiger partial charge in [0.05, 0.1) is 12.6 Å². The van der Waals surface area contributed by atoms with Crippen LogP contribution in [-0.4, -0.2) is 72.5 Å². The molecule has 0 aliphatic rings. The van der Waals surface area contributed by atoms with E-state index < -0.39 is 42.3 Å². The van der Waals surface area contributed by atoms with Crippen molar-refractivity contribution in [2.45, 2.75) is 37.8 Å². The Kier molecular flexibility index (Phi) is 13.3. The molecule has 10 nitrogen and oxygen atoms in total. The summed E-state index contributed by atoms with van der Waals surface area (Å²) in [4.78, 5) is 46.2. The minimum absolute atomic E-state index is 0.362. The summed E-state index contributed by atoms with van der Waals surface area (Å²) >= 11 is 1.57. The Labute approximate surface area is 157 Å². The van der Waals surface area contributed by atoms with Crippen molar-refractivity contribution < 1.29 is 24.3 Å². The quantitative estimate of drug-likeness (QED) is 0.184. The highest BCUT2D eigenvalue weighted by Crippen LogP contribution is 2.03. The zero-order valence-electron chi connectivity index (χ0n) is 15.0. The van der Waals surface area contributed by atoms with Crippen LogP contribution in [0.3, 0.4) is 0 Å². The number of nitrogens with one attached hydrogen (secondary N) is 3. The predicted octanol–water partition coefficient (Wildman–Crippen LogP) is -2.00. The summed E-state index contributed by atoms with van der Waals surface area (Å²) in [5, 5.41) is 15.6. The van der Waals surface area contributed by atoms with Crippen molar-refractivity contribution in [3.8, 4) is 0 Å². The van der Waals surface area contributed by atoms with Crippen molar-refractivity contribution in [3.05, 3.63) is 0 Å². The normalized spacial score (nSPS) is 12.7. The lowest BCUT2D eigenvalue weighted by molar-refractivity contribution is -0.138. The predicted molar refractivity (Wildman–Crippen MR) is 99.5 cm³/mol. The number of carbonyl (C=O) groups is 4. The second-order valence-electron chi connectivity index (χ2n) is 5.62. The molecule has 2 atom stereocenters. The van der Waals surface area contributed by atoms with Crippen molar-refractivity contribution in [3.63, 3.8) is 0 Å². The van der Waals surface area contributed by atoms with Crippen molar-refractivity contribution >= 4 is 35.5 Å². The molecule has 0 aromatic heterocycles. The van der Waals surface area contributed by atoms with Gasteiger partial charge in [0, 0.05) is 0 Å². The molecule has 0 aliphatic heterocycles. The second-order valence-corrected chi connectivity index (χ2v) is 6.61. The number of carboxylic acid groups (broad SMARTS) is 1. The topological polar surface area (TPSA) is 177 Å². The summed E-state index contributed by atoms with van der Waals surface area (Å²) in [7, 11) is 0. The van der Waals surface area contributed by atoms with Gasteiger partial charge in [-0.25, -0.2) is 0 Å². The van der Waals surface area contributed by atoms with Crippen LogP contribution >= 0.6 is 11.8 Å². The molecule has 150 valence electrons. The van der Waals surface area contributed by atoms with Gasteiger partial charge in [0.15, 0.2) is 0 Å². The van der Waals surface area contributed by atoms with E-state index in [2.05, 4.69) is 16.0 Å². The SMILES string of the molecule is CSCCC(N)C(=O)NC(CCCCN)C(=O)NCC(=O)NCC(=O)O. The van der Waals surface area contributed by atoms with Crippen LogP contribution in [0.25, 0.3) is 0 Å². The molecule has 0 rings (SSSR count). The number of carboxylic acids is 1. The highest BCUT2D eigenvalue weighted by molar-refractivity contribution is 7.98. The van der Waals surface area contributed by atoms with Gasteiger partial charge in [-0.05, 0) is 44.2 Å². The molecule has 0 spiro atoms. The fourth-order valence-electron chi connectivity index (χ4n) is 1.94. The number of hydrogen-bond donors (Lipinski definition) is 6. The lowest BCUT2D eigenvalue weighted by Gasteiger charge is -2.20. The number of aliphatic carboxylic acids is 1. The van der Waals surface area contributed by atoms with E-state index in [1.165, 1.54) is 0 Å². The maximum atomic E-state index is 12.3. The Morgan fingerprint density at radius 3 is 2.31 bits per heavy atom. The number of rotatable bonds is 14. The van der Waals surface area contributed by atoms with Gasteiger partial charge in [0.25, 0.3) is 0 Å². The first-order chi connectivity index (χ1) is 12.3. The van der Waals surface area contributed by atoms with Gasteiger partial charge in [0.1, 0.15) is 12.6 Å². The Balaban J connectivity index is 4.58. The molecular formula is C15H29N5O5S. The monoisotopic (exact) mass is 391 g/mol. The van der Waals surface area contributed by atoms with Crippen molar-refractivity contribution in [2.75, 3.05) is 31.6 Å². The molecule has 0 bridgehead atoms. The van der Waals surface area contributed by atoms with Crippen molar-refractivity contribution in [1.29, 1.82) is 0 Å². The largest absolute Gasteiger partial charge is 0.480 e. The Morgan fingerprint density at radius 1 is 1.04 bits per heavy atom. The number of hydrogen-bond acceptors (Lipinski definition) is 7. The standard InChI is InChI=1S/C15H29N5O5S/c1-26-7-5-10(17)14(24)20-11(4-2-3-6-16)15(25)19-8-12(21)18-9-13(22)23/h10-11H,2-9,16-17H2,1H3,(H,18,21)(H,19,25)(H,20,24)(H,22,23). The summed E-state index contributed by atoms with van der Waals surface area (Å²) in [5.74, 6) is -2.05. The third-order valence-electron chi connectivity index (χ3n) is 3.41. The molecule has 0 saturated carbocycles. The van der Waals surface area contributed by atoms with Gasteiger partial charge >= 0.3 is 5.97 Å². The minimum Gasteiger partial charge on any atom is -0.480 e. The lowest BCUT2D eigenvalue weighted by Crippen LogP contribution is -2.53. The average molecular weight is 391 g/mol. The number of thioether (sulfide) groups is 1. The summed E-state index contributed by atoms with van der Waals surface area (Å²) in [5.41, 5.74) is 11.2. The first kappa shape index (κ1) is 24.1. The van der Waals surface area contributed by atoms with Gasteiger partial charge in [-0.2, -0.15) is 11.8 Å². The van der Waals surface area contributed by atoms with E-state index in [-0.39, 0.29) is 6.54 Å². The van der Waals surface area contributed by atoms with Crippen LogP contribution in [0.2, 0.25) is 0 Å². The molecule has 0 heterocycles. The van der Waals surface area contributed by atoms with Gasteiger partial charge in [-0.1, -0.05) is 0 Å². The van der Waals surface area contributed by atoms with Crippen LogP contribution < -0.4 is 27.4 Å². The van der Waals surface area contributed by atoms with E-state index in [1.807, 2.05) is 6.26 Å². The van der Waals surface area contributed by atoms with Gasteiger partial charge in [-0.3, -0.25) is 19.2 Å². The molecule has 0 saturated heterocycles. The molecule has 8 N–H and O–H groups in total. The number of unbranched alkanes of at least 4 members (excludes halogenated alkanes) is 1. The zero-order valence-corrected chi connectivity index (χ0v) is 15.8. The van der Waals surface area contributed by atoms with Crippen LogP contribution in [0.15, 0.2) is 0 Å². The first-order valence-corrected chi connectivity index (χ1v) is 9.72. The maximum Gasteiger partial charge on any atom is 0.322 e. The van der Waals surface area contributed by atoms with Crippen LogP contribution in [0, 0.1) is 0 Å². The molecule has 26 heavy (non-hydrogen) atoms. The summed E-state index contributed by atoms with van der Waals surface area (Å²) < 4.78 is 0. The van der Waals surface area contributed by atoms with Crippen LogP contribution in [0.4, 0.5) is 0 Å². The highest BCUT2D eigenvalue weighted by Gasteiger charge is 2.23. The lowest BCUT2D eigenvalue weighted by atomic mass is 10.1. The molecule has 11 heteroatoms. The molecule has 3 amide bonds. The number of carbonyl (C=O) groups excluding carboxylic acids is 3. The highest BCUT2D eigenvalue weighted by atomic mass is 32.2. The smallest absolute Gasteiger partial charge is 0.322 e. The average Bonchev–Trinajstić information content (AvgIpc) is 2.61. The van der Waals surface area contributed by atoms with E-state index in [0.29, 0.717) is 32.2 Å². The van der Waals surface area contributed by atoms with Gasteiger partial charge < -0.3 is 32.5 Å². The first-order valence-electron chi connectivity index (χ1n) is 8.33. The number of nitrogens with two attached hydrogens (primary N) is 2. The Hall–Kier alpha value is -1.85. The van der Waals surface area contributed by atoms with Crippen LogP contribution in [0.5, 0.6) is 0 Å². The maximum absolute atomic E-state index is 12.3. The van der Waals surface area contributed by atoms with Gasteiger partial charge in [-0.15, -0.1) is 0 Å². The molecular weight excluding hydrogens is 362 g/mol. The Bertz CT molecular complexity index is 477. The minimum atomic E-state index is -1.18. The molecule has 0 aliphatic carbocycles. The van der Waals surface area contributed by atoms with E-state index in [4.69, 9.17) is 16.6 Å². The summed E-state index contributed by atoms with van der Waals surface area (Å²) in [6, 6.07) is -1.55. The van der Waals surface area contributed by atoms with E-state index in [1.54, 1.807) is 11.8 Å². The fraction of sp³-hybridized carbons (Fsp3) is 0.733. The van der Waals surface area contributed by atoms with E-state index in [0.717, 1.165) is 5.75 Å². The van der Waals surface area contributed by atoms with Crippen LogP contribution in [0.1, 0.15) is 25.7 Å². The van der Waals surface area contributed by atoms with Gasteiger partial charge in [0.2, 0.25) is 17.7 Å². The van der Waals surface area contributed by atoms with Crippen molar-refractivity contribution in [2.24, 2.45) is 11.5 Å². The fourth-order valence-corrected chi connectivity index (χ4v) is 2.43. The van der Waals surface area contributed by atoms with Crippen molar-refractivity contribution in [1.82, 2.24) is 16.0 Å². The summed E-state index contributed by atoms with van der Waals surface area (Å²) in [6.07, 6.45) is 4.07. The summed E-state index contributed by atoms with van der Waals surface area (Å²) in [6.45, 7) is -0.448. The third kappa shape index (κ3) is 11.7. The van der Waals surface area contributed by atoms with E-state index >= 15 is 0 Å². The Morgan fingerprint density at radius 2 is 1.73 bits per heavy atom. The molecule has 2 unspecified atom stereocenters. The van der Waals surface area contributed by atoms with Crippen LogP contribution in [-0.2, 0) is 19.2 Å². The molecule has 0 aromatic carbocycles. The number of amides is 3. The molecule has 0 fully saturated rings. The molecule has 0 radical (unpaired) electrons. The van der Waals surface area contributed by atoms with E-state index in [9.17, 15) is 19.2 Å². The third-order valence-corrected chi connectivity index (χ3v) is 4.05. The molecule has 0 aromatic rings.